The van der Waals surface area contributed by atoms with Crippen molar-refractivity contribution in [3.05, 3.63) is 59.7 Å². The number of aryl methyl sites for hydroxylation is 1. The van der Waals surface area contributed by atoms with Crippen molar-refractivity contribution in [3.8, 4) is 11.1 Å². The highest BCUT2D eigenvalue weighted by Crippen LogP contribution is 2.45. The molecule has 0 aromatic heterocycles. The Kier molecular flexibility index (Phi) is 5.82. The molecule has 2 fully saturated rings. The van der Waals surface area contributed by atoms with Crippen LogP contribution in [0.3, 0.4) is 0 Å². The molecule has 6 rings (SSSR count). The van der Waals surface area contributed by atoms with Crippen LogP contribution in [-0.4, -0.2) is 92.3 Å². The van der Waals surface area contributed by atoms with Crippen molar-refractivity contribution in [2.24, 2.45) is 21.5 Å². The standard InChI is InChI=1S/C27H30N8O5/c1-14-6-2-3-7-15(14)16-8-4-5-9-17(16)23(38)31-19-13-35-25(29)30-18(12-34-20(36)10-11-21(34)37)22-26(35,27(19,39)40)33-24(28)32-22/h2-9,18-19,22,39-40H,10-13H2,1H3,(H2,29,30)(H,31,38)(H3,28,32,33). The zero-order valence-electron chi connectivity index (χ0n) is 21.7. The Morgan fingerprint density at radius 3 is 2.40 bits per heavy atom. The fourth-order valence-corrected chi connectivity index (χ4v) is 6.28. The maximum atomic E-state index is 13.6. The fraction of sp³-hybridized carbons (Fsp3) is 0.370. The van der Waals surface area contributed by atoms with Crippen molar-refractivity contribution in [3.63, 3.8) is 0 Å². The van der Waals surface area contributed by atoms with Crippen LogP contribution in [0.15, 0.2) is 58.5 Å². The summed E-state index contributed by atoms with van der Waals surface area (Å²) in [7, 11) is 0. The average Bonchev–Trinajstić information content (AvgIpc) is 3.52. The molecular weight excluding hydrogens is 516 g/mol. The summed E-state index contributed by atoms with van der Waals surface area (Å²) in [5.41, 5.74) is 13.5. The minimum absolute atomic E-state index is 0.0673. The molecule has 13 nitrogen and oxygen atoms in total. The summed E-state index contributed by atoms with van der Waals surface area (Å²) in [5, 5.41) is 29.1. The van der Waals surface area contributed by atoms with E-state index in [9.17, 15) is 24.6 Å². The molecule has 4 atom stereocenters. The number of rotatable bonds is 5. The van der Waals surface area contributed by atoms with E-state index < -0.39 is 35.5 Å². The number of aliphatic hydroxyl groups is 2. The molecule has 0 aliphatic carbocycles. The van der Waals surface area contributed by atoms with E-state index in [2.05, 4.69) is 20.6 Å². The number of likely N-dealkylation sites (tertiary alicyclic amines) is 1. The predicted molar refractivity (Wildman–Crippen MR) is 144 cm³/mol. The third-order valence-electron chi connectivity index (χ3n) is 8.24. The summed E-state index contributed by atoms with van der Waals surface area (Å²) >= 11 is 0. The van der Waals surface area contributed by atoms with E-state index >= 15 is 0 Å². The number of hydrogen-bond acceptors (Lipinski definition) is 11. The Labute approximate surface area is 229 Å². The highest BCUT2D eigenvalue weighted by Gasteiger charge is 2.73. The number of imide groups is 1. The number of carbonyl (C=O) groups excluding carboxylic acids is 3. The van der Waals surface area contributed by atoms with Crippen molar-refractivity contribution in [2.45, 2.75) is 49.3 Å². The van der Waals surface area contributed by atoms with Crippen LogP contribution in [0.25, 0.3) is 11.1 Å². The second-order valence-electron chi connectivity index (χ2n) is 10.5. The molecule has 2 saturated heterocycles. The Bertz CT molecular complexity index is 1470. The van der Waals surface area contributed by atoms with Crippen molar-refractivity contribution < 1.29 is 24.6 Å². The number of nitrogens with one attached hydrogen (secondary N) is 2. The van der Waals surface area contributed by atoms with Crippen LogP contribution < -0.4 is 22.1 Å². The maximum Gasteiger partial charge on any atom is 0.252 e. The first kappa shape index (κ1) is 25.8. The van der Waals surface area contributed by atoms with Crippen molar-refractivity contribution in [2.75, 3.05) is 13.1 Å². The zero-order valence-corrected chi connectivity index (χ0v) is 21.7. The topological polar surface area (TPSA) is 199 Å². The van der Waals surface area contributed by atoms with Gasteiger partial charge in [-0.25, -0.2) is 9.98 Å². The first-order chi connectivity index (χ1) is 19.0. The third kappa shape index (κ3) is 3.65. The van der Waals surface area contributed by atoms with E-state index in [0.29, 0.717) is 11.1 Å². The molecule has 2 aromatic carbocycles. The lowest BCUT2D eigenvalue weighted by atomic mass is 9.84. The predicted octanol–water partition coefficient (Wildman–Crippen LogP) is -1.41. The van der Waals surface area contributed by atoms with E-state index in [1.54, 1.807) is 12.1 Å². The van der Waals surface area contributed by atoms with E-state index in [1.165, 1.54) is 4.90 Å². The normalized spacial score (nSPS) is 28.5. The number of guanidine groups is 2. The molecule has 8 N–H and O–H groups in total. The number of nitrogens with zero attached hydrogens (tertiary/aromatic N) is 4. The number of hydrogen-bond donors (Lipinski definition) is 6. The van der Waals surface area contributed by atoms with E-state index in [4.69, 9.17) is 11.5 Å². The lowest BCUT2D eigenvalue weighted by Crippen LogP contribution is -2.78. The summed E-state index contributed by atoms with van der Waals surface area (Å²) < 4.78 is 0. The molecule has 2 aromatic rings. The van der Waals surface area contributed by atoms with Crippen LogP contribution in [0, 0.1) is 6.92 Å². The van der Waals surface area contributed by atoms with Gasteiger partial charge in [0.05, 0.1) is 12.6 Å². The Balaban J connectivity index is 1.32. The number of carbonyl (C=O) groups is 3. The second kappa shape index (κ2) is 9.03. The summed E-state index contributed by atoms with van der Waals surface area (Å²) in [6.45, 7) is 1.68. The first-order valence-electron chi connectivity index (χ1n) is 13.0. The van der Waals surface area contributed by atoms with E-state index in [-0.39, 0.29) is 49.7 Å². The molecule has 1 spiro atoms. The smallest absolute Gasteiger partial charge is 0.252 e. The summed E-state index contributed by atoms with van der Waals surface area (Å²) in [5.74, 6) is -4.01. The second-order valence-corrected chi connectivity index (χ2v) is 10.5. The third-order valence-corrected chi connectivity index (χ3v) is 8.24. The summed E-state index contributed by atoms with van der Waals surface area (Å²) in [6, 6.07) is 11.5. The highest BCUT2D eigenvalue weighted by molar-refractivity contribution is 6.02. The molecule has 13 heteroatoms. The van der Waals surface area contributed by atoms with Crippen LogP contribution in [0.1, 0.15) is 28.8 Å². The maximum absolute atomic E-state index is 13.6. The minimum atomic E-state index is -2.65. The molecule has 208 valence electrons. The van der Waals surface area contributed by atoms with E-state index in [0.717, 1.165) is 16.0 Å². The van der Waals surface area contributed by atoms with Gasteiger partial charge < -0.3 is 37.2 Å². The van der Waals surface area contributed by atoms with Gasteiger partial charge in [-0.05, 0) is 29.7 Å². The molecule has 4 unspecified atom stereocenters. The van der Waals surface area contributed by atoms with Gasteiger partial charge >= 0.3 is 0 Å². The average molecular weight is 547 g/mol. The molecule has 0 bridgehead atoms. The van der Waals surface area contributed by atoms with Crippen LogP contribution in [-0.2, 0) is 9.59 Å². The van der Waals surface area contributed by atoms with Crippen molar-refractivity contribution >= 4 is 29.6 Å². The fourth-order valence-electron chi connectivity index (χ4n) is 6.28. The van der Waals surface area contributed by atoms with Crippen LogP contribution >= 0.6 is 0 Å². The highest BCUT2D eigenvalue weighted by atomic mass is 16.5. The van der Waals surface area contributed by atoms with Gasteiger partial charge in [0.15, 0.2) is 17.6 Å². The zero-order chi connectivity index (χ0) is 28.4. The molecule has 4 heterocycles. The van der Waals surface area contributed by atoms with Gasteiger partial charge in [0.1, 0.15) is 12.1 Å². The lowest BCUT2D eigenvalue weighted by Gasteiger charge is -2.49. The van der Waals surface area contributed by atoms with Crippen LogP contribution in [0.2, 0.25) is 0 Å². The van der Waals surface area contributed by atoms with E-state index in [1.807, 2.05) is 43.3 Å². The van der Waals surface area contributed by atoms with Gasteiger partial charge in [-0.3, -0.25) is 19.3 Å². The van der Waals surface area contributed by atoms with Gasteiger partial charge in [0.25, 0.3) is 5.91 Å². The number of benzene rings is 2. The number of nitrogens with two attached hydrogens (primary N) is 2. The quantitative estimate of drug-likeness (QED) is 0.193. The van der Waals surface area contributed by atoms with Gasteiger partial charge in [-0.1, -0.05) is 42.5 Å². The van der Waals surface area contributed by atoms with Gasteiger partial charge in [-0.2, -0.15) is 0 Å². The lowest BCUT2D eigenvalue weighted by molar-refractivity contribution is -0.230. The summed E-state index contributed by atoms with van der Waals surface area (Å²) in [6.07, 6.45) is 0.191. The summed E-state index contributed by atoms with van der Waals surface area (Å²) in [4.78, 5) is 49.6. The SMILES string of the molecule is Cc1ccccc1-c1ccccc1C(=O)NC1CN2C(N)=NC(CN3C(=O)CCC3=O)C3N=C(N)NC32C1(O)O. The van der Waals surface area contributed by atoms with Gasteiger partial charge in [-0.15, -0.1) is 0 Å². The Morgan fingerprint density at radius 2 is 1.70 bits per heavy atom. The van der Waals surface area contributed by atoms with Crippen LogP contribution in [0.4, 0.5) is 0 Å². The number of amides is 3. The molecule has 4 aliphatic rings. The Morgan fingerprint density at radius 1 is 1.05 bits per heavy atom. The monoisotopic (exact) mass is 546 g/mol. The first-order valence-corrected chi connectivity index (χ1v) is 13.0. The van der Waals surface area contributed by atoms with Gasteiger partial charge in [0.2, 0.25) is 17.6 Å². The molecule has 0 saturated carbocycles. The molecule has 40 heavy (non-hydrogen) atoms. The van der Waals surface area contributed by atoms with Gasteiger partial charge in [0, 0.05) is 24.9 Å². The van der Waals surface area contributed by atoms with Crippen LogP contribution in [0.5, 0.6) is 0 Å². The Hall–Kier alpha value is -4.49. The largest absolute Gasteiger partial charge is 0.370 e. The number of aliphatic imine (C=N–C) groups is 2. The van der Waals surface area contributed by atoms with Crippen molar-refractivity contribution in [1.29, 1.82) is 0 Å². The van der Waals surface area contributed by atoms with Crippen molar-refractivity contribution in [1.82, 2.24) is 20.4 Å². The molecular formula is C27H30N8O5. The molecule has 0 radical (unpaired) electrons. The minimum Gasteiger partial charge on any atom is -0.370 e. The molecule has 3 amide bonds. The molecule has 4 aliphatic heterocycles.